The number of hydrogen-bond donors (Lipinski definition) is 0. The number of hydrogen-bond acceptors (Lipinski definition) is 5. The molecule has 0 aliphatic carbocycles. The van der Waals surface area contributed by atoms with Gasteiger partial charge in [0.15, 0.2) is 6.10 Å². The van der Waals surface area contributed by atoms with Gasteiger partial charge in [-0.3, -0.25) is 0 Å². The topological polar surface area (TPSA) is 61.8 Å². The molecule has 24 heavy (non-hydrogen) atoms. The smallest absolute Gasteiger partial charge is 0.347 e. The van der Waals surface area contributed by atoms with Crippen molar-refractivity contribution in [3.8, 4) is 5.75 Å². The third kappa shape index (κ3) is 5.12. The van der Waals surface area contributed by atoms with Crippen molar-refractivity contribution in [1.82, 2.24) is 0 Å². The van der Waals surface area contributed by atoms with Crippen LogP contribution in [-0.4, -0.2) is 24.6 Å². The highest BCUT2D eigenvalue weighted by Crippen LogP contribution is 2.15. The fourth-order valence-corrected chi connectivity index (χ4v) is 1.96. The minimum atomic E-state index is -0.938. The monoisotopic (exact) mass is 328 g/mol. The largest absolute Gasteiger partial charge is 0.489 e. The third-order valence-corrected chi connectivity index (χ3v) is 3.24. The summed E-state index contributed by atoms with van der Waals surface area (Å²) in [7, 11) is 0. The Hall–Kier alpha value is -2.82. The molecule has 2 aromatic carbocycles. The lowest BCUT2D eigenvalue weighted by Crippen LogP contribution is -2.26. The summed E-state index contributed by atoms with van der Waals surface area (Å²) in [6.07, 6.45) is -0.938. The minimum Gasteiger partial charge on any atom is -0.489 e. The molecular formula is C19H20O5. The lowest BCUT2D eigenvalue weighted by atomic mass is 10.2. The average molecular weight is 328 g/mol. The van der Waals surface area contributed by atoms with Gasteiger partial charge < -0.3 is 14.2 Å². The van der Waals surface area contributed by atoms with Crippen molar-refractivity contribution in [2.45, 2.75) is 26.6 Å². The molecule has 2 aromatic rings. The number of rotatable bonds is 7. The van der Waals surface area contributed by atoms with E-state index in [1.807, 2.05) is 30.3 Å². The fourth-order valence-electron chi connectivity index (χ4n) is 1.96. The van der Waals surface area contributed by atoms with E-state index in [2.05, 4.69) is 0 Å². The zero-order valence-corrected chi connectivity index (χ0v) is 13.7. The van der Waals surface area contributed by atoms with Crippen LogP contribution in [0.15, 0.2) is 54.6 Å². The first-order chi connectivity index (χ1) is 11.6. The van der Waals surface area contributed by atoms with Crippen LogP contribution in [0.4, 0.5) is 0 Å². The predicted molar refractivity (Wildman–Crippen MR) is 88.7 cm³/mol. The molecule has 1 atom stereocenters. The Morgan fingerprint density at radius 3 is 2.29 bits per heavy atom. The Morgan fingerprint density at radius 2 is 1.67 bits per heavy atom. The lowest BCUT2D eigenvalue weighted by Gasteiger charge is -2.12. The van der Waals surface area contributed by atoms with Crippen LogP contribution < -0.4 is 4.74 Å². The first kappa shape index (κ1) is 17.5. The van der Waals surface area contributed by atoms with Crippen molar-refractivity contribution < 1.29 is 23.8 Å². The van der Waals surface area contributed by atoms with Gasteiger partial charge in [0.1, 0.15) is 12.4 Å². The fraction of sp³-hybridized carbons (Fsp3) is 0.263. The summed E-state index contributed by atoms with van der Waals surface area (Å²) in [6.45, 7) is 3.87. The maximum atomic E-state index is 12.0. The molecule has 5 heteroatoms. The zero-order valence-electron chi connectivity index (χ0n) is 13.7. The Balaban J connectivity index is 1.89. The van der Waals surface area contributed by atoms with E-state index in [1.165, 1.54) is 6.92 Å². The highest BCUT2D eigenvalue weighted by Gasteiger charge is 2.19. The van der Waals surface area contributed by atoms with Crippen molar-refractivity contribution in [1.29, 1.82) is 0 Å². The van der Waals surface area contributed by atoms with Crippen LogP contribution in [0, 0.1) is 0 Å². The molecule has 0 amide bonds. The molecule has 0 fully saturated rings. The average Bonchev–Trinajstić information content (AvgIpc) is 2.61. The summed E-state index contributed by atoms with van der Waals surface area (Å²) < 4.78 is 15.5. The molecule has 2 rings (SSSR count). The third-order valence-electron chi connectivity index (χ3n) is 3.24. The number of carbonyl (C=O) groups is 2. The van der Waals surface area contributed by atoms with Gasteiger partial charge in [-0.1, -0.05) is 30.3 Å². The van der Waals surface area contributed by atoms with Crippen molar-refractivity contribution in [3.05, 3.63) is 65.7 Å². The van der Waals surface area contributed by atoms with Crippen LogP contribution in [0.5, 0.6) is 5.75 Å². The Morgan fingerprint density at radius 1 is 1.00 bits per heavy atom. The summed E-state index contributed by atoms with van der Waals surface area (Å²) >= 11 is 0. The molecular weight excluding hydrogens is 308 g/mol. The number of esters is 2. The quantitative estimate of drug-likeness (QED) is 0.729. The maximum absolute atomic E-state index is 12.0. The van der Waals surface area contributed by atoms with Gasteiger partial charge in [-0.15, -0.1) is 0 Å². The van der Waals surface area contributed by atoms with Crippen LogP contribution in [0.2, 0.25) is 0 Å². The zero-order chi connectivity index (χ0) is 17.4. The van der Waals surface area contributed by atoms with E-state index < -0.39 is 18.0 Å². The highest BCUT2D eigenvalue weighted by atomic mass is 16.6. The molecule has 0 heterocycles. The molecule has 5 nitrogen and oxygen atoms in total. The van der Waals surface area contributed by atoms with E-state index in [0.29, 0.717) is 17.9 Å². The first-order valence-corrected chi connectivity index (χ1v) is 7.74. The van der Waals surface area contributed by atoms with Crippen LogP contribution in [0.25, 0.3) is 0 Å². The summed E-state index contributed by atoms with van der Waals surface area (Å²) in [5, 5.41) is 0. The van der Waals surface area contributed by atoms with E-state index >= 15 is 0 Å². The maximum Gasteiger partial charge on any atom is 0.347 e. The van der Waals surface area contributed by atoms with Gasteiger partial charge in [0, 0.05) is 0 Å². The van der Waals surface area contributed by atoms with E-state index in [-0.39, 0.29) is 6.61 Å². The summed E-state index contributed by atoms with van der Waals surface area (Å²) in [4.78, 5) is 23.4. The lowest BCUT2D eigenvalue weighted by molar-refractivity contribution is -0.152. The standard InChI is InChI=1S/C19H20O5/c1-3-22-18(20)14(2)24-19(21)16-9-11-17(12-10-16)23-13-15-7-5-4-6-8-15/h4-12,14H,3,13H2,1-2H3. The molecule has 1 unspecified atom stereocenters. The van der Waals surface area contributed by atoms with Gasteiger partial charge in [0.25, 0.3) is 0 Å². The van der Waals surface area contributed by atoms with E-state index in [0.717, 1.165) is 5.56 Å². The molecule has 0 saturated carbocycles. The highest BCUT2D eigenvalue weighted by molar-refractivity contribution is 5.91. The molecule has 0 N–H and O–H groups in total. The second-order valence-corrected chi connectivity index (χ2v) is 5.10. The molecule has 0 bridgehead atoms. The first-order valence-electron chi connectivity index (χ1n) is 7.74. The second-order valence-electron chi connectivity index (χ2n) is 5.10. The predicted octanol–water partition coefficient (Wildman–Crippen LogP) is 3.37. The molecule has 0 aromatic heterocycles. The Kier molecular flexibility index (Phi) is 6.37. The van der Waals surface area contributed by atoms with Crippen molar-refractivity contribution >= 4 is 11.9 Å². The van der Waals surface area contributed by atoms with Gasteiger partial charge in [-0.05, 0) is 43.7 Å². The summed E-state index contributed by atoms with van der Waals surface area (Å²) in [6, 6.07) is 16.4. The number of benzene rings is 2. The van der Waals surface area contributed by atoms with Crippen molar-refractivity contribution in [3.63, 3.8) is 0 Å². The minimum absolute atomic E-state index is 0.244. The van der Waals surface area contributed by atoms with Gasteiger partial charge in [-0.2, -0.15) is 0 Å². The van der Waals surface area contributed by atoms with Crippen molar-refractivity contribution in [2.24, 2.45) is 0 Å². The summed E-state index contributed by atoms with van der Waals surface area (Å²) in [5.41, 5.74) is 1.41. The second kappa shape index (κ2) is 8.72. The molecule has 0 saturated heterocycles. The van der Waals surface area contributed by atoms with Gasteiger partial charge in [0.2, 0.25) is 0 Å². The Labute approximate surface area is 141 Å². The van der Waals surface area contributed by atoms with Gasteiger partial charge in [0.05, 0.1) is 12.2 Å². The van der Waals surface area contributed by atoms with E-state index in [9.17, 15) is 9.59 Å². The molecule has 0 radical (unpaired) electrons. The molecule has 126 valence electrons. The van der Waals surface area contributed by atoms with E-state index in [1.54, 1.807) is 31.2 Å². The SMILES string of the molecule is CCOC(=O)C(C)OC(=O)c1ccc(OCc2ccccc2)cc1. The van der Waals surface area contributed by atoms with Crippen LogP contribution in [-0.2, 0) is 20.9 Å². The Bertz CT molecular complexity index is 664. The van der Waals surface area contributed by atoms with Gasteiger partial charge in [-0.25, -0.2) is 9.59 Å². The van der Waals surface area contributed by atoms with Gasteiger partial charge >= 0.3 is 11.9 Å². The van der Waals surface area contributed by atoms with Crippen LogP contribution in [0.1, 0.15) is 29.8 Å². The van der Waals surface area contributed by atoms with E-state index in [4.69, 9.17) is 14.2 Å². The summed E-state index contributed by atoms with van der Waals surface area (Å²) in [5.74, 6) is -0.493. The number of ether oxygens (including phenoxy) is 3. The number of carbonyl (C=O) groups excluding carboxylic acids is 2. The van der Waals surface area contributed by atoms with Crippen LogP contribution >= 0.6 is 0 Å². The van der Waals surface area contributed by atoms with Crippen molar-refractivity contribution in [2.75, 3.05) is 6.61 Å². The van der Waals surface area contributed by atoms with Crippen LogP contribution in [0.3, 0.4) is 0 Å². The molecule has 0 aliphatic rings. The normalized spacial score (nSPS) is 11.4. The molecule has 0 aliphatic heterocycles. The molecule has 0 spiro atoms.